The molecule has 19 heavy (non-hydrogen) atoms. The lowest BCUT2D eigenvalue weighted by molar-refractivity contribution is -0.128. The van der Waals surface area contributed by atoms with Crippen molar-refractivity contribution in [2.24, 2.45) is 0 Å². The Bertz CT molecular complexity index is 485. The molecule has 1 aromatic carbocycles. The van der Waals surface area contributed by atoms with Gasteiger partial charge >= 0.3 is 0 Å². The number of nitrogens with zero attached hydrogens (tertiary/aromatic N) is 2. The number of rotatable bonds is 3. The molecule has 0 bridgehead atoms. The normalized spacial score (nSPS) is 14.8. The molecule has 0 radical (unpaired) electrons. The van der Waals surface area contributed by atoms with E-state index in [9.17, 15) is 9.59 Å². The second-order valence-electron chi connectivity index (χ2n) is 4.82. The smallest absolute Gasteiger partial charge is 0.240 e. The minimum atomic E-state index is 0.0107. The highest BCUT2D eigenvalue weighted by Crippen LogP contribution is 2.22. The van der Waals surface area contributed by atoms with E-state index in [0.717, 1.165) is 11.3 Å². The third-order valence-electron chi connectivity index (χ3n) is 3.22. The number of hydrogen-bond donors (Lipinski definition) is 1. The zero-order valence-corrected chi connectivity index (χ0v) is 11.3. The van der Waals surface area contributed by atoms with Crippen molar-refractivity contribution in [3.05, 3.63) is 29.8 Å². The van der Waals surface area contributed by atoms with Gasteiger partial charge in [-0.15, -0.1) is 0 Å². The second-order valence-corrected chi connectivity index (χ2v) is 4.82. The van der Waals surface area contributed by atoms with Crippen LogP contribution in [0.3, 0.4) is 0 Å². The number of hydrogen-bond acceptors (Lipinski definition) is 3. The van der Waals surface area contributed by atoms with Crippen LogP contribution in [-0.2, 0) is 16.1 Å². The van der Waals surface area contributed by atoms with E-state index >= 15 is 0 Å². The summed E-state index contributed by atoms with van der Waals surface area (Å²) in [6.45, 7) is 1.42. The SMILES string of the molecule is CN(C)C(=O)CCN1C(=O)CNCc2ccccc21. The predicted molar refractivity (Wildman–Crippen MR) is 73.8 cm³/mol. The Morgan fingerprint density at radius 2 is 2.05 bits per heavy atom. The number of para-hydroxylation sites is 1. The van der Waals surface area contributed by atoms with Crippen molar-refractivity contribution in [3.63, 3.8) is 0 Å². The Morgan fingerprint density at radius 3 is 2.79 bits per heavy atom. The lowest BCUT2D eigenvalue weighted by Gasteiger charge is -2.23. The first-order valence-corrected chi connectivity index (χ1v) is 6.38. The van der Waals surface area contributed by atoms with Gasteiger partial charge in [0.05, 0.1) is 6.54 Å². The summed E-state index contributed by atoms with van der Waals surface area (Å²) in [7, 11) is 3.45. The third kappa shape index (κ3) is 3.12. The fourth-order valence-corrected chi connectivity index (χ4v) is 2.13. The van der Waals surface area contributed by atoms with Gasteiger partial charge in [-0.3, -0.25) is 9.59 Å². The van der Waals surface area contributed by atoms with E-state index in [4.69, 9.17) is 0 Å². The molecule has 0 fully saturated rings. The lowest BCUT2D eigenvalue weighted by Crippen LogP contribution is -2.38. The van der Waals surface area contributed by atoms with Gasteiger partial charge in [0, 0.05) is 39.3 Å². The molecule has 1 aromatic rings. The average molecular weight is 261 g/mol. The van der Waals surface area contributed by atoms with E-state index in [0.29, 0.717) is 26.1 Å². The summed E-state index contributed by atoms with van der Waals surface area (Å²) >= 11 is 0. The zero-order valence-electron chi connectivity index (χ0n) is 11.3. The van der Waals surface area contributed by atoms with Crippen molar-refractivity contribution in [1.29, 1.82) is 0 Å². The van der Waals surface area contributed by atoms with Crippen LogP contribution in [0.15, 0.2) is 24.3 Å². The number of amides is 2. The summed E-state index contributed by atoms with van der Waals surface area (Å²) in [6, 6.07) is 7.81. The zero-order chi connectivity index (χ0) is 13.8. The molecule has 0 unspecified atom stereocenters. The summed E-state index contributed by atoms with van der Waals surface area (Å²) in [6.07, 6.45) is 0.340. The highest BCUT2D eigenvalue weighted by atomic mass is 16.2. The molecule has 1 heterocycles. The molecule has 0 spiro atoms. The number of fused-ring (bicyclic) bond motifs is 1. The van der Waals surface area contributed by atoms with E-state index in [2.05, 4.69) is 5.32 Å². The van der Waals surface area contributed by atoms with Gasteiger partial charge in [-0.25, -0.2) is 0 Å². The number of nitrogens with one attached hydrogen (secondary N) is 1. The van der Waals surface area contributed by atoms with Crippen LogP contribution >= 0.6 is 0 Å². The summed E-state index contributed by atoms with van der Waals surface area (Å²) in [5.41, 5.74) is 2.00. The second kappa shape index (κ2) is 5.84. The molecule has 1 aliphatic heterocycles. The summed E-state index contributed by atoms with van der Waals surface area (Å²) in [4.78, 5) is 27.0. The number of anilines is 1. The van der Waals surface area contributed by atoms with Crippen LogP contribution in [0.2, 0.25) is 0 Å². The Morgan fingerprint density at radius 1 is 1.32 bits per heavy atom. The largest absolute Gasteiger partial charge is 0.349 e. The molecule has 1 aliphatic rings. The highest BCUT2D eigenvalue weighted by molar-refractivity contribution is 5.96. The maximum Gasteiger partial charge on any atom is 0.240 e. The standard InChI is InChI=1S/C14H19N3O2/c1-16(2)13(18)7-8-17-12-6-4-3-5-11(12)9-15-10-14(17)19/h3-6,15H,7-10H2,1-2H3. The van der Waals surface area contributed by atoms with E-state index in [1.165, 1.54) is 0 Å². The topological polar surface area (TPSA) is 52.7 Å². The van der Waals surface area contributed by atoms with E-state index in [-0.39, 0.29) is 11.8 Å². The van der Waals surface area contributed by atoms with Crippen LogP contribution in [0.1, 0.15) is 12.0 Å². The molecular formula is C14H19N3O2. The van der Waals surface area contributed by atoms with Crippen molar-refractivity contribution in [3.8, 4) is 0 Å². The molecule has 0 saturated heterocycles. The first-order valence-electron chi connectivity index (χ1n) is 6.38. The van der Waals surface area contributed by atoms with Crippen molar-refractivity contribution in [1.82, 2.24) is 10.2 Å². The monoisotopic (exact) mass is 261 g/mol. The Balaban J connectivity index is 2.17. The van der Waals surface area contributed by atoms with Crippen molar-refractivity contribution in [2.45, 2.75) is 13.0 Å². The fourth-order valence-electron chi connectivity index (χ4n) is 2.13. The van der Waals surface area contributed by atoms with Gasteiger partial charge in [0.15, 0.2) is 0 Å². The molecule has 0 atom stereocenters. The molecule has 0 saturated carbocycles. The molecule has 102 valence electrons. The molecule has 2 amide bonds. The van der Waals surface area contributed by atoms with Crippen LogP contribution < -0.4 is 10.2 Å². The Kier molecular flexibility index (Phi) is 4.16. The quantitative estimate of drug-likeness (QED) is 0.867. The molecule has 0 aliphatic carbocycles. The fraction of sp³-hybridized carbons (Fsp3) is 0.429. The first kappa shape index (κ1) is 13.5. The minimum Gasteiger partial charge on any atom is -0.349 e. The molecular weight excluding hydrogens is 242 g/mol. The van der Waals surface area contributed by atoms with Crippen molar-refractivity contribution < 1.29 is 9.59 Å². The molecule has 1 N–H and O–H groups in total. The predicted octanol–water partition coefficient (Wildman–Crippen LogP) is 0.601. The minimum absolute atomic E-state index is 0.0107. The lowest BCUT2D eigenvalue weighted by atomic mass is 10.1. The van der Waals surface area contributed by atoms with Crippen molar-refractivity contribution in [2.75, 3.05) is 32.1 Å². The van der Waals surface area contributed by atoms with Gasteiger partial charge in [0.2, 0.25) is 11.8 Å². The maximum atomic E-state index is 12.1. The van der Waals surface area contributed by atoms with Crippen molar-refractivity contribution >= 4 is 17.5 Å². The van der Waals surface area contributed by atoms with Gasteiger partial charge < -0.3 is 15.1 Å². The van der Waals surface area contributed by atoms with Gasteiger partial charge in [-0.1, -0.05) is 18.2 Å². The summed E-state index contributed by atoms with van der Waals surface area (Å²) in [5.74, 6) is 0.0407. The van der Waals surface area contributed by atoms with Crippen LogP contribution in [-0.4, -0.2) is 43.9 Å². The third-order valence-corrected chi connectivity index (χ3v) is 3.22. The first-order chi connectivity index (χ1) is 9.09. The molecule has 5 heteroatoms. The van der Waals surface area contributed by atoms with E-state index in [1.807, 2.05) is 24.3 Å². The summed E-state index contributed by atoms with van der Waals surface area (Å²) in [5, 5.41) is 3.11. The maximum absolute atomic E-state index is 12.1. The highest BCUT2D eigenvalue weighted by Gasteiger charge is 2.22. The molecule has 0 aromatic heterocycles. The van der Waals surface area contributed by atoms with E-state index in [1.54, 1.807) is 23.9 Å². The van der Waals surface area contributed by atoms with Gasteiger partial charge in [0.1, 0.15) is 0 Å². The average Bonchev–Trinajstić information content (AvgIpc) is 2.54. The van der Waals surface area contributed by atoms with Crippen LogP contribution in [0.25, 0.3) is 0 Å². The molecule has 2 rings (SSSR count). The van der Waals surface area contributed by atoms with E-state index < -0.39 is 0 Å². The summed E-state index contributed by atoms with van der Waals surface area (Å²) < 4.78 is 0. The van der Waals surface area contributed by atoms with Gasteiger partial charge in [-0.05, 0) is 11.6 Å². The van der Waals surface area contributed by atoms with Crippen LogP contribution in [0, 0.1) is 0 Å². The molecule has 5 nitrogen and oxygen atoms in total. The van der Waals surface area contributed by atoms with Crippen LogP contribution in [0.5, 0.6) is 0 Å². The van der Waals surface area contributed by atoms with Crippen LogP contribution in [0.4, 0.5) is 5.69 Å². The number of benzene rings is 1. The number of carbonyl (C=O) groups excluding carboxylic acids is 2. The Labute approximate surface area is 113 Å². The van der Waals surface area contributed by atoms with Gasteiger partial charge in [0.25, 0.3) is 0 Å². The number of carbonyl (C=O) groups is 2. The van der Waals surface area contributed by atoms with Gasteiger partial charge in [-0.2, -0.15) is 0 Å². The Hall–Kier alpha value is -1.88.